The van der Waals surface area contributed by atoms with Gasteiger partial charge >= 0.3 is 11.9 Å². The zero-order valence-corrected chi connectivity index (χ0v) is 24.0. The lowest BCUT2D eigenvalue weighted by Crippen LogP contribution is -2.39. The first-order valence-electron chi connectivity index (χ1n) is 12.7. The lowest BCUT2D eigenvalue weighted by Gasteiger charge is -2.24. The van der Waals surface area contributed by atoms with E-state index < -0.39 is 18.0 Å². The number of aromatic nitrogens is 1. The number of fused-ring (bicyclic) bond motifs is 1. The van der Waals surface area contributed by atoms with Gasteiger partial charge in [0.05, 0.1) is 46.1 Å². The third-order valence-corrected chi connectivity index (χ3v) is 7.74. The van der Waals surface area contributed by atoms with E-state index in [1.54, 1.807) is 87.7 Å². The molecular formula is C31H25ClN2O6S. The number of esters is 2. The number of ether oxygens (including phenoxy) is 3. The van der Waals surface area contributed by atoms with Crippen molar-refractivity contribution in [2.24, 2.45) is 4.99 Å². The van der Waals surface area contributed by atoms with Gasteiger partial charge in [-0.1, -0.05) is 59.3 Å². The summed E-state index contributed by atoms with van der Waals surface area (Å²) in [5.74, 6) is -0.1000. The van der Waals surface area contributed by atoms with Gasteiger partial charge in [0.2, 0.25) is 0 Å². The fourth-order valence-electron chi connectivity index (χ4n) is 4.47. The zero-order chi connectivity index (χ0) is 29.1. The van der Waals surface area contributed by atoms with Gasteiger partial charge in [-0.05, 0) is 67.4 Å². The molecule has 0 fully saturated rings. The molecule has 4 aromatic rings. The molecule has 3 aromatic carbocycles. The summed E-state index contributed by atoms with van der Waals surface area (Å²) in [4.78, 5) is 44.3. The van der Waals surface area contributed by atoms with Crippen LogP contribution in [0.4, 0.5) is 0 Å². The number of methoxy groups -OCH3 is 1. The minimum atomic E-state index is -0.718. The van der Waals surface area contributed by atoms with Gasteiger partial charge in [-0.2, -0.15) is 0 Å². The van der Waals surface area contributed by atoms with Crippen molar-refractivity contribution >= 4 is 41.0 Å². The van der Waals surface area contributed by atoms with Crippen molar-refractivity contribution in [2.45, 2.75) is 19.9 Å². The van der Waals surface area contributed by atoms with Crippen LogP contribution in [0.5, 0.6) is 11.5 Å². The third kappa shape index (κ3) is 5.73. The number of benzene rings is 3. The second-order valence-corrected chi connectivity index (χ2v) is 10.4. The third-order valence-electron chi connectivity index (χ3n) is 6.43. The number of hydrogen-bond donors (Lipinski definition) is 0. The normalized spacial score (nSPS) is 14.7. The summed E-state index contributed by atoms with van der Waals surface area (Å²) in [7, 11) is 1.57. The van der Waals surface area contributed by atoms with Crippen LogP contribution in [0.15, 0.2) is 93.9 Å². The highest BCUT2D eigenvalue weighted by molar-refractivity contribution is 7.07. The maximum atomic E-state index is 13.8. The van der Waals surface area contributed by atoms with Gasteiger partial charge in [-0.15, -0.1) is 0 Å². The maximum Gasteiger partial charge on any atom is 0.345 e. The molecule has 0 unspecified atom stereocenters. The Bertz CT molecular complexity index is 1840. The Balaban J connectivity index is 1.51. The largest absolute Gasteiger partial charge is 0.497 e. The number of carbonyl (C=O) groups excluding carboxylic acids is 2. The molecule has 41 heavy (non-hydrogen) atoms. The van der Waals surface area contributed by atoms with E-state index in [2.05, 4.69) is 4.99 Å². The fourth-order valence-corrected chi connectivity index (χ4v) is 5.72. The monoisotopic (exact) mass is 588 g/mol. The first-order chi connectivity index (χ1) is 19.8. The zero-order valence-electron chi connectivity index (χ0n) is 22.4. The second kappa shape index (κ2) is 12.0. The standard InChI is InChI=1S/C31H25ClN2O6S/c1-4-39-30(37)26-18(2)33-31-34(27(26)20-11-15-21(38-3)16-12-20)28(35)25(41-31)17-19-9-13-22(14-10-19)40-29(36)23-7-5-6-8-24(23)32/h5-17,27H,4H2,1-3H3/b25-17-/t27-/m1/s1. The van der Waals surface area contributed by atoms with Crippen molar-refractivity contribution in [3.63, 3.8) is 0 Å². The topological polar surface area (TPSA) is 96.2 Å². The molecule has 2 heterocycles. The lowest BCUT2D eigenvalue weighted by atomic mass is 9.96. The molecule has 0 aliphatic carbocycles. The van der Waals surface area contributed by atoms with Gasteiger partial charge in [0.15, 0.2) is 4.80 Å². The van der Waals surface area contributed by atoms with Crippen molar-refractivity contribution in [1.29, 1.82) is 0 Å². The maximum absolute atomic E-state index is 13.8. The Hall–Kier alpha value is -4.47. The second-order valence-electron chi connectivity index (χ2n) is 9.01. The van der Waals surface area contributed by atoms with Gasteiger partial charge in [0, 0.05) is 0 Å². The molecular weight excluding hydrogens is 564 g/mol. The molecule has 1 aliphatic heterocycles. The van der Waals surface area contributed by atoms with Gasteiger partial charge in [0.1, 0.15) is 11.5 Å². The quantitative estimate of drug-likeness (QED) is 0.230. The first-order valence-corrected chi connectivity index (χ1v) is 13.9. The number of carbonyl (C=O) groups is 2. The van der Waals surface area contributed by atoms with Crippen molar-refractivity contribution in [2.75, 3.05) is 13.7 Å². The highest BCUT2D eigenvalue weighted by Crippen LogP contribution is 2.31. The molecule has 1 aliphatic rings. The van der Waals surface area contributed by atoms with Crippen molar-refractivity contribution < 1.29 is 23.8 Å². The predicted molar refractivity (Wildman–Crippen MR) is 156 cm³/mol. The molecule has 0 saturated heterocycles. The highest BCUT2D eigenvalue weighted by Gasteiger charge is 2.33. The van der Waals surface area contributed by atoms with E-state index in [0.29, 0.717) is 37.1 Å². The van der Waals surface area contributed by atoms with Gasteiger partial charge in [0.25, 0.3) is 5.56 Å². The molecule has 1 atom stereocenters. The van der Waals surface area contributed by atoms with E-state index in [4.69, 9.17) is 25.8 Å². The molecule has 0 amide bonds. The number of halogens is 1. The molecule has 8 nitrogen and oxygen atoms in total. The van der Waals surface area contributed by atoms with Crippen LogP contribution < -0.4 is 24.4 Å². The number of thiazole rings is 1. The van der Waals surface area contributed by atoms with E-state index in [1.807, 2.05) is 12.1 Å². The van der Waals surface area contributed by atoms with E-state index >= 15 is 0 Å². The van der Waals surface area contributed by atoms with Gasteiger partial charge in [-0.3, -0.25) is 9.36 Å². The highest BCUT2D eigenvalue weighted by atomic mass is 35.5. The molecule has 208 valence electrons. The Morgan fingerprint density at radius 1 is 1.00 bits per heavy atom. The van der Waals surface area contributed by atoms with Crippen LogP contribution in [-0.4, -0.2) is 30.2 Å². The minimum absolute atomic E-state index is 0.194. The molecule has 0 bridgehead atoms. The summed E-state index contributed by atoms with van der Waals surface area (Å²) in [6.07, 6.45) is 1.73. The number of allylic oxidation sites excluding steroid dienone is 1. The Morgan fingerprint density at radius 2 is 1.68 bits per heavy atom. The van der Waals surface area contributed by atoms with E-state index in [-0.39, 0.29) is 17.7 Å². The van der Waals surface area contributed by atoms with Crippen LogP contribution in [0, 0.1) is 0 Å². The average Bonchev–Trinajstić information content (AvgIpc) is 3.27. The van der Waals surface area contributed by atoms with E-state index in [1.165, 1.54) is 15.9 Å². The summed E-state index contributed by atoms with van der Waals surface area (Å²) in [5, 5.41) is 0.304. The Labute approximate surface area is 244 Å². The molecule has 1 aromatic heterocycles. The Kier molecular flexibility index (Phi) is 8.19. The summed E-state index contributed by atoms with van der Waals surface area (Å²) in [6, 6.07) is 19.9. The van der Waals surface area contributed by atoms with Crippen molar-refractivity contribution in [3.8, 4) is 11.5 Å². The van der Waals surface area contributed by atoms with Crippen LogP contribution in [0.1, 0.15) is 41.4 Å². The molecule has 0 saturated carbocycles. The molecule has 5 rings (SSSR count). The molecule has 10 heteroatoms. The van der Waals surface area contributed by atoms with Crippen LogP contribution in [0.3, 0.4) is 0 Å². The van der Waals surface area contributed by atoms with Crippen molar-refractivity contribution in [3.05, 3.63) is 125 Å². The minimum Gasteiger partial charge on any atom is -0.497 e. The summed E-state index contributed by atoms with van der Waals surface area (Å²) in [5.41, 5.74) is 2.21. The summed E-state index contributed by atoms with van der Waals surface area (Å²) >= 11 is 7.32. The smallest absolute Gasteiger partial charge is 0.345 e. The van der Waals surface area contributed by atoms with E-state index in [0.717, 1.165) is 11.1 Å². The SMILES string of the molecule is CCOC(=O)C1=C(C)N=c2s/c(=C\c3ccc(OC(=O)c4ccccc4Cl)cc3)c(=O)n2[C@@H]1c1ccc(OC)cc1. The number of rotatable bonds is 7. The van der Waals surface area contributed by atoms with Crippen LogP contribution in [0.2, 0.25) is 5.02 Å². The number of nitrogens with zero attached hydrogens (tertiary/aromatic N) is 2. The number of hydrogen-bond acceptors (Lipinski definition) is 8. The van der Waals surface area contributed by atoms with Crippen molar-refractivity contribution in [1.82, 2.24) is 4.57 Å². The molecule has 0 radical (unpaired) electrons. The van der Waals surface area contributed by atoms with Crippen LogP contribution in [0.25, 0.3) is 6.08 Å². The molecule has 0 N–H and O–H groups in total. The average molecular weight is 589 g/mol. The Morgan fingerprint density at radius 3 is 2.34 bits per heavy atom. The molecule has 0 spiro atoms. The van der Waals surface area contributed by atoms with Crippen LogP contribution in [-0.2, 0) is 9.53 Å². The van der Waals surface area contributed by atoms with Gasteiger partial charge in [-0.25, -0.2) is 14.6 Å². The summed E-state index contributed by atoms with van der Waals surface area (Å²) in [6.45, 7) is 3.66. The van der Waals surface area contributed by atoms with Gasteiger partial charge < -0.3 is 14.2 Å². The van der Waals surface area contributed by atoms with E-state index in [9.17, 15) is 14.4 Å². The predicted octanol–water partition coefficient (Wildman–Crippen LogP) is 4.68. The first kappa shape index (κ1) is 28.1. The summed E-state index contributed by atoms with van der Waals surface area (Å²) < 4.78 is 18.0. The lowest BCUT2D eigenvalue weighted by molar-refractivity contribution is -0.139. The van der Waals surface area contributed by atoms with Crippen LogP contribution >= 0.6 is 22.9 Å². The fraction of sp³-hybridized carbons (Fsp3) is 0.161.